The van der Waals surface area contributed by atoms with Crippen LogP contribution in [0.25, 0.3) is 0 Å². The number of thiocarbonyl (C=S) groups is 1. The van der Waals surface area contributed by atoms with Gasteiger partial charge in [-0.1, -0.05) is 12.2 Å². The summed E-state index contributed by atoms with van der Waals surface area (Å²) >= 11 is 4.54. The second-order valence-electron chi connectivity index (χ2n) is 2.33. The Kier molecular flexibility index (Phi) is 3.13. The molecule has 0 aromatic heterocycles. The van der Waals surface area contributed by atoms with Crippen molar-refractivity contribution in [3.8, 4) is 5.75 Å². The van der Waals surface area contributed by atoms with Crippen LogP contribution in [-0.4, -0.2) is 11.6 Å². The number of halogens is 2. The number of benzene rings is 1. The average molecular weight is 203 g/mol. The molecule has 0 aliphatic carbocycles. The minimum atomic E-state index is -0.958. The molecule has 0 aliphatic heterocycles. The Morgan fingerprint density at radius 3 is 2.62 bits per heavy atom. The number of nitrogens with two attached hydrogens (primary N) is 1. The summed E-state index contributed by atoms with van der Waals surface area (Å²) in [6, 6.07) is 3.22. The van der Waals surface area contributed by atoms with E-state index in [1.807, 2.05) is 0 Å². The normalized spacial score (nSPS) is 9.69. The molecule has 0 radical (unpaired) electrons. The Bertz CT molecular complexity index is 330. The second-order valence-corrected chi connectivity index (χ2v) is 2.86. The van der Waals surface area contributed by atoms with Crippen LogP contribution in [0, 0.1) is 11.6 Å². The van der Waals surface area contributed by atoms with Gasteiger partial charge in [0.05, 0.1) is 0 Å². The van der Waals surface area contributed by atoms with Crippen molar-refractivity contribution >= 4 is 17.2 Å². The van der Waals surface area contributed by atoms with Gasteiger partial charge < -0.3 is 10.5 Å². The van der Waals surface area contributed by atoms with E-state index in [0.717, 1.165) is 12.1 Å². The predicted molar refractivity (Wildman–Crippen MR) is 48.6 cm³/mol. The van der Waals surface area contributed by atoms with E-state index in [1.165, 1.54) is 6.07 Å². The SMILES string of the molecule is NC(=S)COc1ccc(F)c(F)c1. The van der Waals surface area contributed by atoms with Gasteiger partial charge in [-0.3, -0.25) is 0 Å². The summed E-state index contributed by atoms with van der Waals surface area (Å²) in [6.45, 7) is 0.0143. The van der Waals surface area contributed by atoms with Crippen molar-refractivity contribution in [1.29, 1.82) is 0 Å². The van der Waals surface area contributed by atoms with Gasteiger partial charge in [-0.15, -0.1) is 0 Å². The summed E-state index contributed by atoms with van der Waals surface area (Å²) in [7, 11) is 0. The molecular formula is C8H7F2NOS. The zero-order valence-corrected chi connectivity index (χ0v) is 7.41. The van der Waals surface area contributed by atoms with E-state index in [4.69, 9.17) is 10.5 Å². The fourth-order valence-electron chi connectivity index (χ4n) is 0.721. The Hall–Kier alpha value is -1.23. The van der Waals surface area contributed by atoms with Crippen molar-refractivity contribution < 1.29 is 13.5 Å². The average Bonchev–Trinajstić information content (AvgIpc) is 2.07. The summed E-state index contributed by atoms with van der Waals surface area (Å²) in [5.74, 6) is -1.67. The van der Waals surface area contributed by atoms with Gasteiger partial charge in [0.2, 0.25) is 0 Å². The van der Waals surface area contributed by atoms with Gasteiger partial charge in [-0.2, -0.15) is 0 Å². The summed E-state index contributed by atoms with van der Waals surface area (Å²) < 4.78 is 29.9. The van der Waals surface area contributed by atoms with E-state index in [1.54, 1.807) is 0 Å². The monoisotopic (exact) mass is 203 g/mol. The van der Waals surface area contributed by atoms with E-state index in [9.17, 15) is 8.78 Å². The maximum Gasteiger partial charge on any atom is 0.162 e. The zero-order chi connectivity index (χ0) is 9.84. The molecule has 0 atom stereocenters. The zero-order valence-electron chi connectivity index (χ0n) is 6.59. The van der Waals surface area contributed by atoms with Crippen LogP contribution in [-0.2, 0) is 0 Å². The molecule has 0 heterocycles. The highest BCUT2D eigenvalue weighted by molar-refractivity contribution is 7.80. The molecule has 5 heteroatoms. The van der Waals surface area contributed by atoms with E-state index >= 15 is 0 Å². The molecule has 1 rings (SSSR count). The third kappa shape index (κ3) is 2.95. The van der Waals surface area contributed by atoms with E-state index in [-0.39, 0.29) is 17.3 Å². The first-order valence-electron chi connectivity index (χ1n) is 3.46. The molecule has 0 saturated carbocycles. The first-order valence-corrected chi connectivity index (χ1v) is 3.86. The molecule has 2 N–H and O–H groups in total. The third-order valence-corrected chi connectivity index (χ3v) is 1.39. The fourth-order valence-corrected chi connectivity index (χ4v) is 0.780. The first kappa shape index (κ1) is 9.85. The van der Waals surface area contributed by atoms with E-state index in [2.05, 4.69) is 12.2 Å². The smallest absolute Gasteiger partial charge is 0.162 e. The lowest BCUT2D eigenvalue weighted by atomic mass is 10.3. The minimum Gasteiger partial charge on any atom is -0.486 e. The maximum atomic E-state index is 12.6. The van der Waals surface area contributed by atoms with Crippen LogP contribution < -0.4 is 10.5 Å². The van der Waals surface area contributed by atoms with Gasteiger partial charge in [0.15, 0.2) is 11.6 Å². The van der Waals surface area contributed by atoms with Crippen molar-refractivity contribution in [2.24, 2.45) is 5.73 Å². The molecule has 0 fully saturated rings. The molecule has 0 saturated heterocycles. The van der Waals surface area contributed by atoms with Crippen LogP contribution in [0.1, 0.15) is 0 Å². The molecule has 0 amide bonds. The van der Waals surface area contributed by atoms with Crippen LogP contribution in [0.3, 0.4) is 0 Å². The standard InChI is InChI=1S/C8H7F2NOS/c9-6-2-1-5(3-7(6)10)12-4-8(11)13/h1-3H,4H2,(H2,11,13). The third-order valence-electron chi connectivity index (χ3n) is 1.27. The molecular weight excluding hydrogens is 196 g/mol. The largest absolute Gasteiger partial charge is 0.486 e. The Balaban J connectivity index is 2.68. The number of ether oxygens (including phenoxy) is 1. The highest BCUT2D eigenvalue weighted by Gasteiger charge is 2.02. The molecule has 13 heavy (non-hydrogen) atoms. The van der Waals surface area contributed by atoms with Gasteiger partial charge in [0.1, 0.15) is 17.3 Å². The summed E-state index contributed by atoms with van der Waals surface area (Å²) in [5.41, 5.74) is 5.15. The Labute approximate surface area is 79.3 Å². The topological polar surface area (TPSA) is 35.2 Å². The summed E-state index contributed by atoms with van der Waals surface area (Å²) in [6.07, 6.45) is 0. The first-order chi connectivity index (χ1) is 6.09. The molecule has 0 aliphatic rings. The van der Waals surface area contributed by atoms with Crippen LogP contribution in [0.5, 0.6) is 5.75 Å². The molecule has 1 aromatic carbocycles. The van der Waals surface area contributed by atoms with Crippen molar-refractivity contribution in [2.45, 2.75) is 0 Å². The van der Waals surface area contributed by atoms with Crippen LogP contribution in [0.4, 0.5) is 8.78 Å². The van der Waals surface area contributed by atoms with Gasteiger partial charge in [0, 0.05) is 6.07 Å². The molecule has 0 unspecified atom stereocenters. The lowest BCUT2D eigenvalue weighted by Gasteiger charge is -2.04. The number of hydrogen-bond donors (Lipinski definition) is 1. The van der Waals surface area contributed by atoms with Crippen LogP contribution >= 0.6 is 12.2 Å². The lowest BCUT2D eigenvalue weighted by molar-refractivity contribution is 0.372. The molecule has 2 nitrogen and oxygen atoms in total. The lowest BCUT2D eigenvalue weighted by Crippen LogP contribution is -2.17. The number of hydrogen-bond acceptors (Lipinski definition) is 2. The summed E-state index contributed by atoms with van der Waals surface area (Å²) in [5, 5.41) is 0. The van der Waals surface area contributed by atoms with Crippen LogP contribution in [0.2, 0.25) is 0 Å². The van der Waals surface area contributed by atoms with Crippen molar-refractivity contribution in [3.05, 3.63) is 29.8 Å². The number of rotatable bonds is 3. The molecule has 1 aromatic rings. The molecule has 70 valence electrons. The summed E-state index contributed by atoms with van der Waals surface area (Å²) in [4.78, 5) is 0.157. The molecule has 0 spiro atoms. The highest BCUT2D eigenvalue weighted by Crippen LogP contribution is 2.14. The van der Waals surface area contributed by atoms with Gasteiger partial charge in [-0.25, -0.2) is 8.78 Å². The van der Waals surface area contributed by atoms with E-state index in [0.29, 0.717) is 0 Å². The van der Waals surface area contributed by atoms with Crippen LogP contribution in [0.15, 0.2) is 18.2 Å². The predicted octanol–water partition coefficient (Wildman–Crippen LogP) is 1.63. The second kappa shape index (κ2) is 4.13. The Morgan fingerprint density at radius 1 is 1.38 bits per heavy atom. The van der Waals surface area contributed by atoms with Crippen molar-refractivity contribution in [2.75, 3.05) is 6.61 Å². The van der Waals surface area contributed by atoms with Crippen molar-refractivity contribution in [1.82, 2.24) is 0 Å². The minimum absolute atomic E-state index is 0.0143. The highest BCUT2D eigenvalue weighted by atomic mass is 32.1. The quantitative estimate of drug-likeness (QED) is 0.758. The van der Waals surface area contributed by atoms with Gasteiger partial charge >= 0.3 is 0 Å². The van der Waals surface area contributed by atoms with Gasteiger partial charge in [0.25, 0.3) is 0 Å². The Morgan fingerprint density at radius 2 is 2.08 bits per heavy atom. The van der Waals surface area contributed by atoms with Crippen molar-refractivity contribution in [3.63, 3.8) is 0 Å². The van der Waals surface area contributed by atoms with E-state index < -0.39 is 11.6 Å². The molecule has 0 bridgehead atoms. The fraction of sp³-hybridized carbons (Fsp3) is 0.125. The van der Waals surface area contributed by atoms with Gasteiger partial charge in [-0.05, 0) is 12.1 Å². The maximum absolute atomic E-state index is 12.6.